The van der Waals surface area contributed by atoms with Gasteiger partial charge in [0, 0.05) is 16.3 Å². The van der Waals surface area contributed by atoms with E-state index >= 15 is 0 Å². The van der Waals surface area contributed by atoms with E-state index in [9.17, 15) is 9.50 Å². The summed E-state index contributed by atoms with van der Waals surface area (Å²) in [4.78, 5) is 4.35. The molecule has 0 saturated heterocycles. The largest absolute Gasteiger partial charge is 0.491 e. The monoisotopic (exact) mass is 365 g/mol. The zero-order chi connectivity index (χ0) is 19.6. The van der Waals surface area contributed by atoms with Gasteiger partial charge in [0.1, 0.15) is 11.4 Å². The molecule has 0 aliphatic heterocycles. The molecule has 3 rings (SSSR count). The zero-order valence-corrected chi connectivity index (χ0v) is 16.1. The molecule has 1 N–H and O–H groups in total. The molecule has 140 valence electrons. The third-order valence-corrected chi connectivity index (χ3v) is 4.94. The summed E-state index contributed by atoms with van der Waals surface area (Å²) in [6, 6.07) is 12.5. The summed E-state index contributed by atoms with van der Waals surface area (Å²) in [7, 11) is 0. The molecule has 0 bridgehead atoms. The van der Waals surface area contributed by atoms with Crippen molar-refractivity contribution < 1.29 is 13.9 Å². The van der Waals surface area contributed by atoms with Crippen LogP contribution in [-0.2, 0) is 0 Å². The fraction of sp³-hybridized carbons (Fsp3) is 0.261. The average Bonchev–Trinajstić information content (AvgIpc) is 3.05. The zero-order valence-electron chi connectivity index (χ0n) is 16.1. The predicted molar refractivity (Wildman–Crippen MR) is 109 cm³/mol. The Morgan fingerprint density at radius 2 is 2.04 bits per heavy atom. The van der Waals surface area contributed by atoms with Gasteiger partial charge in [-0.1, -0.05) is 38.1 Å². The molecular formula is C23H24FNO2. The molecule has 0 spiro atoms. The summed E-state index contributed by atoms with van der Waals surface area (Å²) in [5.74, 6) is -0.105. The van der Waals surface area contributed by atoms with Crippen molar-refractivity contribution in [1.82, 2.24) is 0 Å². The summed E-state index contributed by atoms with van der Waals surface area (Å²) < 4.78 is 19.3. The van der Waals surface area contributed by atoms with Crippen LogP contribution < -0.4 is 10.6 Å². The van der Waals surface area contributed by atoms with Crippen molar-refractivity contribution in [3.05, 3.63) is 70.0 Å². The lowest BCUT2D eigenvalue weighted by Crippen LogP contribution is -2.22. The van der Waals surface area contributed by atoms with Crippen molar-refractivity contribution in [1.29, 1.82) is 0 Å². The van der Waals surface area contributed by atoms with Gasteiger partial charge in [0.2, 0.25) is 0 Å². The third-order valence-electron chi connectivity index (χ3n) is 4.94. The maximum absolute atomic E-state index is 13.6. The van der Waals surface area contributed by atoms with Gasteiger partial charge < -0.3 is 9.52 Å². The number of halogens is 1. The van der Waals surface area contributed by atoms with E-state index in [1.165, 1.54) is 17.7 Å². The van der Waals surface area contributed by atoms with E-state index in [4.69, 9.17) is 4.42 Å². The number of furan rings is 1. The first kappa shape index (κ1) is 18.9. The number of aliphatic hydroxyl groups excluding tert-OH is 1. The van der Waals surface area contributed by atoms with Crippen LogP contribution in [0, 0.1) is 5.82 Å². The molecule has 3 nitrogen and oxygen atoms in total. The Morgan fingerprint density at radius 3 is 2.74 bits per heavy atom. The van der Waals surface area contributed by atoms with Gasteiger partial charge in [-0.2, -0.15) is 0 Å². The Hall–Kier alpha value is -2.88. The second-order valence-electron chi connectivity index (χ2n) is 6.73. The quantitative estimate of drug-likeness (QED) is 0.660. The Balaban J connectivity index is 2.13. The number of rotatable bonds is 4. The van der Waals surface area contributed by atoms with Gasteiger partial charge in [-0.05, 0) is 61.6 Å². The fourth-order valence-electron chi connectivity index (χ4n) is 3.12. The van der Waals surface area contributed by atoms with Gasteiger partial charge in [-0.25, -0.2) is 9.38 Å². The average molecular weight is 365 g/mol. The highest BCUT2D eigenvalue weighted by Crippen LogP contribution is 2.20. The van der Waals surface area contributed by atoms with Crippen molar-refractivity contribution in [2.45, 2.75) is 40.0 Å². The lowest BCUT2D eigenvalue weighted by atomic mass is 9.96. The fourth-order valence-corrected chi connectivity index (χ4v) is 3.12. The van der Waals surface area contributed by atoms with Gasteiger partial charge in [0.15, 0.2) is 5.42 Å². The Bertz CT molecular complexity index is 1120. The predicted octanol–water partition coefficient (Wildman–Crippen LogP) is 5.02. The number of nitrogens with zero attached hydrogens (tertiary/aromatic N) is 1. The normalized spacial score (nSPS) is 15.3. The second-order valence-corrected chi connectivity index (χ2v) is 6.73. The number of aliphatic hydroxyl groups is 1. The van der Waals surface area contributed by atoms with E-state index in [2.05, 4.69) is 31.0 Å². The molecule has 1 unspecified atom stereocenters. The number of benzene rings is 2. The van der Waals surface area contributed by atoms with Crippen LogP contribution in [-0.4, -0.2) is 10.8 Å². The molecule has 3 aromatic rings. The van der Waals surface area contributed by atoms with Crippen LogP contribution in [0.2, 0.25) is 0 Å². The Morgan fingerprint density at radius 1 is 1.26 bits per heavy atom. The minimum Gasteiger partial charge on any atom is -0.491 e. The molecule has 0 saturated carbocycles. The van der Waals surface area contributed by atoms with Crippen LogP contribution in [0.4, 0.5) is 4.39 Å². The van der Waals surface area contributed by atoms with E-state index in [1.54, 1.807) is 12.1 Å². The van der Waals surface area contributed by atoms with E-state index in [0.717, 1.165) is 12.0 Å². The number of hydrogen-bond acceptors (Lipinski definition) is 3. The summed E-state index contributed by atoms with van der Waals surface area (Å²) in [5, 5.41) is 11.8. The van der Waals surface area contributed by atoms with E-state index < -0.39 is 0 Å². The van der Waals surface area contributed by atoms with Crippen molar-refractivity contribution in [3.8, 4) is 0 Å². The SMILES string of the molecule is C/C=c1/c(=C(O)\N=C(/C)c2cccc(C(C)CC)c2)oc2ccc(F)cc12. The summed E-state index contributed by atoms with van der Waals surface area (Å²) in [6.07, 6.45) is 2.84. The summed E-state index contributed by atoms with van der Waals surface area (Å²) >= 11 is 0. The molecule has 0 aliphatic rings. The van der Waals surface area contributed by atoms with Crippen LogP contribution >= 0.6 is 0 Å². The van der Waals surface area contributed by atoms with Crippen molar-refractivity contribution >= 4 is 28.6 Å². The Labute approximate surface area is 158 Å². The van der Waals surface area contributed by atoms with Crippen LogP contribution in [0.5, 0.6) is 0 Å². The summed E-state index contributed by atoms with van der Waals surface area (Å²) in [5.41, 5.74) is 3.63. The van der Waals surface area contributed by atoms with E-state index in [0.29, 0.717) is 27.8 Å². The third kappa shape index (κ3) is 3.80. The highest BCUT2D eigenvalue weighted by Gasteiger charge is 2.09. The van der Waals surface area contributed by atoms with Crippen LogP contribution in [0.3, 0.4) is 0 Å². The standard InChI is InChI=1S/C23H24FNO2/c1-5-14(3)16-8-7-9-17(12-16)15(4)25-23(26)22-19(6-2)20-13-18(24)10-11-21(20)27-22/h6-14,26H,5H2,1-4H3/b19-6+,23-22-,25-15+. The van der Waals surface area contributed by atoms with Gasteiger partial charge in [0.05, 0.1) is 0 Å². The molecular weight excluding hydrogens is 341 g/mol. The maximum Gasteiger partial charge on any atom is 0.256 e. The molecule has 4 heteroatoms. The highest BCUT2D eigenvalue weighted by atomic mass is 19.1. The smallest absolute Gasteiger partial charge is 0.256 e. The number of hydrogen-bond donors (Lipinski definition) is 1. The van der Waals surface area contributed by atoms with Gasteiger partial charge in [-0.3, -0.25) is 0 Å². The molecule has 27 heavy (non-hydrogen) atoms. The van der Waals surface area contributed by atoms with E-state index in [-0.39, 0.29) is 17.1 Å². The second kappa shape index (κ2) is 7.78. The van der Waals surface area contributed by atoms with Crippen molar-refractivity contribution in [3.63, 3.8) is 0 Å². The minimum absolute atomic E-state index is 0.217. The lowest BCUT2D eigenvalue weighted by Gasteiger charge is -2.10. The minimum atomic E-state index is -0.348. The van der Waals surface area contributed by atoms with Crippen molar-refractivity contribution in [2.75, 3.05) is 0 Å². The summed E-state index contributed by atoms with van der Waals surface area (Å²) in [6.45, 7) is 8.01. The molecule has 2 aromatic carbocycles. The van der Waals surface area contributed by atoms with Gasteiger partial charge in [-0.15, -0.1) is 0 Å². The Kier molecular flexibility index (Phi) is 5.45. The molecule has 0 amide bonds. The first-order valence-corrected chi connectivity index (χ1v) is 9.17. The number of aliphatic imine (C=N–C) groups is 1. The van der Waals surface area contributed by atoms with Crippen LogP contribution in [0.15, 0.2) is 51.9 Å². The number of fused-ring (bicyclic) bond motifs is 1. The highest BCUT2D eigenvalue weighted by molar-refractivity contribution is 6.00. The molecule has 0 fully saturated rings. The molecule has 1 atom stereocenters. The van der Waals surface area contributed by atoms with Crippen LogP contribution in [0.1, 0.15) is 51.2 Å². The first-order chi connectivity index (χ1) is 12.9. The lowest BCUT2D eigenvalue weighted by molar-refractivity contribution is 0.459. The molecule has 0 aliphatic carbocycles. The van der Waals surface area contributed by atoms with Gasteiger partial charge in [0.25, 0.3) is 5.88 Å². The molecule has 1 heterocycles. The topological polar surface area (TPSA) is 45.7 Å². The van der Waals surface area contributed by atoms with Crippen LogP contribution in [0.25, 0.3) is 22.9 Å². The van der Waals surface area contributed by atoms with Crippen molar-refractivity contribution in [2.24, 2.45) is 4.99 Å². The van der Waals surface area contributed by atoms with Gasteiger partial charge >= 0.3 is 0 Å². The molecule has 1 aromatic heterocycles. The maximum atomic E-state index is 13.6. The molecule has 0 radical (unpaired) electrons. The first-order valence-electron chi connectivity index (χ1n) is 9.17. The van der Waals surface area contributed by atoms with E-state index in [1.807, 2.05) is 26.0 Å².